The zero-order chi connectivity index (χ0) is 11.5. The zero-order valence-corrected chi connectivity index (χ0v) is 10.2. The van der Waals surface area contributed by atoms with Gasteiger partial charge in [-0.2, -0.15) is 12.6 Å². The van der Waals surface area contributed by atoms with Crippen molar-refractivity contribution >= 4 is 12.6 Å². The first-order valence-electron chi connectivity index (χ1n) is 5.91. The van der Waals surface area contributed by atoms with Crippen molar-refractivity contribution in [1.29, 1.82) is 0 Å². The van der Waals surface area contributed by atoms with Gasteiger partial charge in [0.2, 0.25) is 0 Å². The fraction of sp³-hybridized carbons (Fsp3) is 0.125. The summed E-state index contributed by atoms with van der Waals surface area (Å²) in [6, 6.07) is 17.3. The lowest BCUT2D eigenvalue weighted by Gasteiger charge is -2.42. The van der Waals surface area contributed by atoms with Gasteiger partial charge >= 0.3 is 0 Å². The molecule has 0 saturated carbocycles. The second kappa shape index (κ2) is 3.05. The molecule has 0 atom stereocenters. The number of hydrogen-bond donors (Lipinski definition) is 1. The van der Waals surface area contributed by atoms with Crippen molar-refractivity contribution < 1.29 is 0 Å². The van der Waals surface area contributed by atoms with Crippen LogP contribution in [0.4, 0.5) is 0 Å². The molecule has 0 aromatic heterocycles. The molecule has 0 nitrogen and oxygen atoms in total. The summed E-state index contributed by atoms with van der Waals surface area (Å²) >= 11 is 4.96. The first kappa shape index (κ1) is 9.55. The van der Waals surface area contributed by atoms with Crippen LogP contribution in [0, 0.1) is 0 Å². The molecule has 2 aromatic rings. The highest BCUT2D eigenvalue weighted by molar-refractivity contribution is 7.81. The van der Waals surface area contributed by atoms with E-state index in [0.717, 1.165) is 0 Å². The topological polar surface area (TPSA) is 0 Å². The lowest BCUT2D eigenvalue weighted by Crippen LogP contribution is -2.31. The van der Waals surface area contributed by atoms with Crippen molar-refractivity contribution in [1.82, 2.24) is 0 Å². The van der Waals surface area contributed by atoms with Crippen LogP contribution >= 0.6 is 12.6 Å². The van der Waals surface area contributed by atoms with Gasteiger partial charge in [-0.05, 0) is 22.3 Å². The van der Waals surface area contributed by atoms with Gasteiger partial charge < -0.3 is 0 Å². The van der Waals surface area contributed by atoms with E-state index in [9.17, 15) is 0 Å². The summed E-state index contributed by atoms with van der Waals surface area (Å²) in [4.78, 5) is 0. The number of rotatable bonds is 0. The molecule has 0 spiro atoms. The molecule has 0 unspecified atom stereocenters. The summed E-state index contributed by atoms with van der Waals surface area (Å²) < 4.78 is -0.234. The smallest absolute Gasteiger partial charge is 0.0814 e. The average molecular weight is 236 g/mol. The van der Waals surface area contributed by atoms with Crippen molar-refractivity contribution in [2.75, 3.05) is 0 Å². The lowest BCUT2D eigenvalue weighted by atomic mass is 9.67. The third-order valence-electron chi connectivity index (χ3n) is 3.94. The van der Waals surface area contributed by atoms with Crippen LogP contribution < -0.4 is 0 Å². The molecule has 17 heavy (non-hydrogen) atoms. The minimum Gasteiger partial charge on any atom is -0.159 e. The van der Waals surface area contributed by atoms with Crippen molar-refractivity contribution in [3.05, 3.63) is 82.9 Å². The molecule has 3 aliphatic rings. The Morgan fingerprint density at radius 2 is 1.35 bits per heavy atom. The second-order valence-electron chi connectivity index (χ2n) is 4.78. The quantitative estimate of drug-likeness (QED) is 0.521. The van der Waals surface area contributed by atoms with Crippen LogP contribution in [-0.2, 0) is 4.75 Å². The second-order valence-corrected chi connectivity index (χ2v) is 5.48. The number of benzene rings is 2. The Morgan fingerprint density at radius 1 is 0.824 bits per heavy atom. The van der Waals surface area contributed by atoms with Crippen molar-refractivity contribution in [2.24, 2.45) is 0 Å². The zero-order valence-electron chi connectivity index (χ0n) is 9.30. The van der Waals surface area contributed by atoms with Gasteiger partial charge in [0.05, 0.1) is 4.75 Å². The average Bonchev–Trinajstić information content (AvgIpc) is 2.40. The summed E-state index contributed by atoms with van der Waals surface area (Å²) in [6.45, 7) is 0. The third-order valence-corrected chi connectivity index (χ3v) is 4.57. The normalized spacial score (nSPS) is 27.7. The predicted octanol–water partition coefficient (Wildman–Crippen LogP) is 3.88. The van der Waals surface area contributed by atoms with Crippen LogP contribution in [-0.4, -0.2) is 0 Å². The Morgan fingerprint density at radius 3 is 1.94 bits per heavy atom. The van der Waals surface area contributed by atoms with E-state index < -0.39 is 0 Å². The predicted molar refractivity (Wildman–Crippen MR) is 73.6 cm³/mol. The van der Waals surface area contributed by atoms with Gasteiger partial charge in [0.15, 0.2) is 0 Å². The van der Waals surface area contributed by atoms with E-state index in [1.165, 1.54) is 22.3 Å². The van der Waals surface area contributed by atoms with Crippen molar-refractivity contribution in [3.8, 4) is 0 Å². The Hall–Kier alpha value is -1.47. The van der Waals surface area contributed by atoms with E-state index in [0.29, 0.717) is 5.92 Å². The molecule has 2 aromatic carbocycles. The fourth-order valence-electron chi connectivity index (χ4n) is 3.17. The van der Waals surface area contributed by atoms with Crippen LogP contribution in [0.5, 0.6) is 0 Å². The summed E-state index contributed by atoms with van der Waals surface area (Å²) in [6.07, 6.45) is 4.53. The first-order valence-corrected chi connectivity index (χ1v) is 6.36. The molecule has 0 heterocycles. The molecule has 0 N–H and O–H groups in total. The fourth-order valence-corrected chi connectivity index (χ4v) is 3.66. The molecule has 0 saturated heterocycles. The van der Waals surface area contributed by atoms with Crippen LogP contribution in [0.1, 0.15) is 28.2 Å². The van der Waals surface area contributed by atoms with Gasteiger partial charge in [-0.25, -0.2) is 0 Å². The Bertz CT molecular complexity index is 592. The molecule has 3 aliphatic carbocycles. The molecule has 5 rings (SSSR count). The van der Waals surface area contributed by atoms with E-state index in [-0.39, 0.29) is 4.75 Å². The highest BCUT2D eigenvalue weighted by Gasteiger charge is 2.42. The molecule has 0 fully saturated rings. The molecule has 2 bridgehead atoms. The standard InChI is InChI=1S/C16H12S/c17-16-10-9-11(12-5-1-3-7-14(12)16)13-6-2-4-8-15(13)16/h1-11,17H. The monoisotopic (exact) mass is 236 g/mol. The maximum Gasteiger partial charge on any atom is 0.0814 e. The SMILES string of the molecule is SC12C=CC(c3ccccc31)c1ccccc12. The molecule has 0 radical (unpaired) electrons. The van der Waals surface area contributed by atoms with Crippen LogP contribution in [0.2, 0.25) is 0 Å². The summed E-state index contributed by atoms with van der Waals surface area (Å²) in [7, 11) is 0. The molecule has 1 heteroatoms. The maximum absolute atomic E-state index is 4.96. The van der Waals surface area contributed by atoms with E-state index in [1.807, 2.05) is 0 Å². The van der Waals surface area contributed by atoms with Crippen molar-refractivity contribution in [2.45, 2.75) is 10.7 Å². The van der Waals surface area contributed by atoms with Gasteiger partial charge in [0, 0.05) is 5.92 Å². The number of hydrogen-bond acceptors (Lipinski definition) is 1. The Balaban J connectivity index is 2.13. The first-order chi connectivity index (χ1) is 8.31. The van der Waals surface area contributed by atoms with Crippen LogP contribution in [0.3, 0.4) is 0 Å². The largest absolute Gasteiger partial charge is 0.159 e. The van der Waals surface area contributed by atoms with Crippen LogP contribution in [0.25, 0.3) is 0 Å². The minimum atomic E-state index is -0.234. The Labute approximate surface area is 106 Å². The van der Waals surface area contributed by atoms with Gasteiger partial charge in [-0.3, -0.25) is 0 Å². The summed E-state index contributed by atoms with van der Waals surface area (Å²) in [5.74, 6) is 0.413. The van der Waals surface area contributed by atoms with E-state index in [2.05, 4.69) is 60.7 Å². The van der Waals surface area contributed by atoms with E-state index in [1.54, 1.807) is 0 Å². The minimum absolute atomic E-state index is 0.234. The van der Waals surface area contributed by atoms with E-state index >= 15 is 0 Å². The summed E-state index contributed by atoms with van der Waals surface area (Å²) in [5.41, 5.74) is 5.50. The van der Waals surface area contributed by atoms with Gasteiger partial charge in [0.1, 0.15) is 0 Å². The van der Waals surface area contributed by atoms with Gasteiger partial charge in [-0.15, -0.1) is 0 Å². The van der Waals surface area contributed by atoms with E-state index in [4.69, 9.17) is 12.6 Å². The highest BCUT2D eigenvalue weighted by Crippen LogP contribution is 2.54. The molecular weight excluding hydrogens is 224 g/mol. The third kappa shape index (κ3) is 1.05. The highest BCUT2D eigenvalue weighted by atomic mass is 32.1. The van der Waals surface area contributed by atoms with Gasteiger partial charge in [-0.1, -0.05) is 60.7 Å². The Kier molecular flexibility index (Phi) is 1.71. The number of allylic oxidation sites excluding steroid dienone is 1. The van der Waals surface area contributed by atoms with Crippen molar-refractivity contribution in [3.63, 3.8) is 0 Å². The number of thiol groups is 1. The van der Waals surface area contributed by atoms with Gasteiger partial charge in [0.25, 0.3) is 0 Å². The molecular formula is C16H12S. The summed E-state index contributed by atoms with van der Waals surface area (Å²) in [5, 5.41) is 0. The molecule has 82 valence electrons. The maximum atomic E-state index is 4.96. The molecule has 0 amide bonds. The molecule has 0 aliphatic heterocycles. The lowest BCUT2D eigenvalue weighted by molar-refractivity contribution is 0.773. The van der Waals surface area contributed by atoms with Crippen LogP contribution in [0.15, 0.2) is 60.7 Å².